The van der Waals surface area contributed by atoms with Gasteiger partial charge in [0.05, 0.1) is 22.3 Å². The van der Waals surface area contributed by atoms with Crippen molar-refractivity contribution in [2.24, 2.45) is 28.2 Å². The number of nitrogens with zero attached hydrogens (tertiary/aromatic N) is 8. The zero-order chi connectivity index (χ0) is 77.0. The number of rotatable bonds is 8. The van der Waals surface area contributed by atoms with Gasteiger partial charge in [0.15, 0.2) is 47.1 Å². The van der Waals surface area contributed by atoms with Gasteiger partial charge in [-0.3, -0.25) is 0 Å². The standard InChI is InChI=1S/C26H23N2O.2C25H21N2O.C24H19N2O/c1-16-13-17(2)24(25-23(16)20-11-8-12-27-26(20)29-25)22-14-21(18(3)15-28(22)4)19-9-6-5-7-10-19;1-16-11-12-19-20-10-7-13-26-25(20)28-24(19)23(16)22-14-21(17(2)15-27(22)3)18-8-5-4-6-9-18;1-16-14-17(2)23(24-22(16)20-10-7-12-26-25(20)28-24)21-15-19(11-13-27(21)3)18-8-5-4-6-9-18;1-16-10-11-19-20-9-6-13-25-24(20)27-23(19)22(16)21-15-18(12-14-26(21)2)17-7-4-3-5-8-17/h5-15H,1-4H3;2*4-15H,1-3H3;3-15H,1-2H3/q4*+1. The van der Waals surface area contributed by atoms with E-state index in [2.05, 4.69) is 353 Å². The summed E-state index contributed by atoms with van der Waals surface area (Å²) < 4.78 is 33.7. The third-order valence-corrected chi connectivity index (χ3v) is 21.7. The topological polar surface area (TPSA) is 120 Å². The van der Waals surface area contributed by atoms with E-state index in [9.17, 15) is 0 Å². The first kappa shape index (κ1) is 71.1. The van der Waals surface area contributed by atoms with E-state index < -0.39 is 0 Å². The zero-order valence-corrected chi connectivity index (χ0v) is 64.9. The van der Waals surface area contributed by atoms with E-state index in [0.717, 1.165) is 110 Å². The molecular weight excluding hydrogens is 1380 g/mol. The smallest absolute Gasteiger partial charge is 0.227 e. The van der Waals surface area contributed by atoms with E-state index >= 15 is 0 Å². The molecule has 0 N–H and O–H groups in total. The van der Waals surface area contributed by atoms with Crippen molar-refractivity contribution in [2.45, 2.75) is 55.4 Å². The molecular formula is C100H84N8O4+4. The third-order valence-electron chi connectivity index (χ3n) is 21.7. The first-order valence-corrected chi connectivity index (χ1v) is 37.8. The molecule has 0 saturated heterocycles. The maximum Gasteiger partial charge on any atom is 0.227 e. The summed E-state index contributed by atoms with van der Waals surface area (Å²) in [5.74, 6) is 0. The minimum atomic E-state index is 0.682. The molecule has 0 spiro atoms. The van der Waals surface area contributed by atoms with Crippen molar-refractivity contribution < 1.29 is 35.9 Å². The van der Waals surface area contributed by atoms with E-state index in [0.29, 0.717) is 22.9 Å². The van der Waals surface area contributed by atoms with Crippen LogP contribution in [-0.4, -0.2) is 19.9 Å². The number of aromatic nitrogens is 8. The Hall–Kier alpha value is -13.8. The monoisotopic (exact) mass is 1460 g/mol. The van der Waals surface area contributed by atoms with Gasteiger partial charge in [-0.2, -0.15) is 0 Å². The number of pyridine rings is 8. The fraction of sp³-hybridized carbons (Fsp3) is 0.120. The first-order valence-electron chi connectivity index (χ1n) is 37.8. The molecule has 12 nitrogen and oxygen atoms in total. The molecule has 0 radical (unpaired) electrons. The maximum atomic E-state index is 6.31. The van der Waals surface area contributed by atoms with Gasteiger partial charge in [0, 0.05) is 115 Å². The Morgan fingerprint density at radius 1 is 0.232 bits per heavy atom. The normalized spacial score (nSPS) is 11.4. The SMILES string of the molecule is Cc1c[n+](C)c(-c2c(C)cc(C)c3c2oc2ncccc23)cc1-c1ccccc1.Cc1c[n+](C)c(-c2c(C)ccc3c2oc2ncccc23)cc1-c1ccccc1.Cc1cc(C)c2c(oc3ncccc32)c1-c1cc(-c2ccccc2)cc[n+]1C.Cc1ccc2c(oc3ncccc32)c1-c1cc(-c2ccccc2)cc[n+]1C. The summed E-state index contributed by atoms with van der Waals surface area (Å²) in [4.78, 5) is 17.7. The van der Waals surface area contributed by atoms with Crippen molar-refractivity contribution in [3.63, 3.8) is 0 Å². The summed E-state index contributed by atoms with van der Waals surface area (Å²) >= 11 is 0. The molecule has 0 fully saturated rings. The molecule has 0 unspecified atom stereocenters. The fourth-order valence-electron chi connectivity index (χ4n) is 16.3. The molecule has 12 heterocycles. The third kappa shape index (κ3) is 13.1. The highest BCUT2D eigenvalue weighted by Crippen LogP contribution is 2.44. The molecule has 8 aromatic carbocycles. The summed E-state index contributed by atoms with van der Waals surface area (Å²) in [5, 5.41) is 8.74. The molecule has 0 aliphatic carbocycles. The number of benzene rings is 8. The van der Waals surface area contributed by atoms with Crippen molar-refractivity contribution in [3.05, 3.63) is 337 Å². The second-order valence-electron chi connectivity index (χ2n) is 29.3. The van der Waals surface area contributed by atoms with E-state index in [-0.39, 0.29) is 0 Å². The molecule has 544 valence electrons. The Kier molecular flexibility index (Phi) is 18.8. The van der Waals surface area contributed by atoms with Crippen LogP contribution in [-0.2, 0) is 28.2 Å². The zero-order valence-electron chi connectivity index (χ0n) is 64.9. The van der Waals surface area contributed by atoms with Crippen molar-refractivity contribution in [2.75, 3.05) is 0 Å². The van der Waals surface area contributed by atoms with Crippen LogP contribution in [0.4, 0.5) is 0 Å². The summed E-state index contributed by atoms with van der Waals surface area (Å²) in [6, 6.07) is 84.6. The second kappa shape index (κ2) is 29.6. The summed E-state index contributed by atoms with van der Waals surface area (Å²) in [6.07, 6.45) is 15.7. The van der Waals surface area contributed by atoms with Crippen LogP contribution in [0.15, 0.2) is 310 Å². The maximum absolute atomic E-state index is 6.31. The fourth-order valence-corrected chi connectivity index (χ4v) is 16.3. The van der Waals surface area contributed by atoms with Crippen molar-refractivity contribution in [1.82, 2.24) is 19.9 Å². The van der Waals surface area contributed by atoms with Gasteiger partial charge in [-0.15, -0.1) is 0 Å². The van der Waals surface area contributed by atoms with Crippen LogP contribution in [0.2, 0.25) is 0 Å². The van der Waals surface area contributed by atoms with Crippen LogP contribution in [0.3, 0.4) is 0 Å². The molecule has 0 saturated carbocycles. The Labute approximate surface area is 650 Å². The van der Waals surface area contributed by atoms with Gasteiger partial charge in [0.2, 0.25) is 45.6 Å². The highest BCUT2D eigenvalue weighted by molar-refractivity contribution is 6.13. The minimum absolute atomic E-state index is 0.682. The summed E-state index contributed by atoms with van der Waals surface area (Å²) in [5.41, 5.74) is 34.7. The molecule has 0 amide bonds. The lowest BCUT2D eigenvalue weighted by atomic mass is 9.94. The molecule has 20 rings (SSSR count). The molecule has 0 aliphatic heterocycles. The van der Waals surface area contributed by atoms with Gasteiger partial charge >= 0.3 is 0 Å². The van der Waals surface area contributed by atoms with Crippen LogP contribution in [0.5, 0.6) is 0 Å². The van der Waals surface area contributed by atoms with E-state index in [1.54, 1.807) is 24.8 Å². The number of hydrogen-bond donors (Lipinski definition) is 0. The average molecular weight is 1460 g/mol. The average Bonchev–Trinajstić information content (AvgIpc) is 1.59. The van der Waals surface area contributed by atoms with E-state index in [1.807, 2.05) is 36.4 Å². The van der Waals surface area contributed by atoms with E-state index in [1.165, 1.54) is 89.0 Å². The Balaban J connectivity index is 0.000000108. The van der Waals surface area contributed by atoms with Crippen molar-refractivity contribution in [3.8, 4) is 89.5 Å². The number of aryl methyl sites for hydroxylation is 12. The van der Waals surface area contributed by atoms with Gasteiger partial charge in [0.25, 0.3) is 0 Å². The highest BCUT2D eigenvalue weighted by atomic mass is 16.4. The highest BCUT2D eigenvalue weighted by Gasteiger charge is 2.29. The second-order valence-corrected chi connectivity index (χ2v) is 29.3. The van der Waals surface area contributed by atoms with Crippen LogP contribution < -0.4 is 18.3 Å². The molecule has 0 bridgehead atoms. The van der Waals surface area contributed by atoms with E-state index in [4.69, 9.17) is 17.7 Å². The Morgan fingerprint density at radius 3 is 0.911 bits per heavy atom. The van der Waals surface area contributed by atoms with Crippen LogP contribution >= 0.6 is 0 Å². The molecule has 12 aromatic heterocycles. The van der Waals surface area contributed by atoms with Gasteiger partial charge in [-0.25, -0.2) is 38.2 Å². The summed E-state index contributed by atoms with van der Waals surface area (Å²) in [6.45, 7) is 17.2. The lowest BCUT2D eigenvalue weighted by Gasteiger charge is -2.11. The number of furan rings is 4. The molecule has 112 heavy (non-hydrogen) atoms. The molecule has 0 atom stereocenters. The lowest BCUT2D eigenvalue weighted by molar-refractivity contribution is -0.660. The summed E-state index contributed by atoms with van der Waals surface area (Å²) in [7, 11) is 8.35. The largest absolute Gasteiger partial charge is 0.437 e. The minimum Gasteiger partial charge on any atom is -0.437 e. The predicted molar refractivity (Wildman–Crippen MR) is 452 cm³/mol. The van der Waals surface area contributed by atoms with Crippen molar-refractivity contribution >= 4 is 88.3 Å². The number of fused-ring (bicyclic) bond motifs is 12. The quantitative estimate of drug-likeness (QED) is 0.138. The Bertz CT molecular complexity index is 7020. The van der Waals surface area contributed by atoms with Gasteiger partial charge in [-0.05, 0) is 182 Å². The molecule has 0 aliphatic rings. The predicted octanol–water partition coefficient (Wildman–Crippen LogP) is 23.0. The van der Waals surface area contributed by atoms with Crippen LogP contribution in [0.25, 0.3) is 178 Å². The van der Waals surface area contributed by atoms with Gasteiger partial charge in [0.1, 0.15) is 28.2 Å². The van der Waals surface area contributed by atoms with Crippen molar-refractivity contribution in [1.29, 1.82) is 0 Å². The molecule has 20 aromatic rings. The first-order chi connectivity index (χ1) is 54.5. The van der Waals surface area contributed by atoms with Gasteiger partial charge < -0.3 is 17.7 Å². The number of hydrogen-bond acceptors (Lipinski definition) is 8. The lowest BCUT2D eigenvalue weighted by Crippen LogP contribution is -2.31. The van der Waals surface area contributed by atoms with Crippen LogP contribution in [0, 0.1) is 55.4 Å². The van der Waals surface area contributed by atoms with Gasteiger partial charge in [-0.1, -0.05) is 158 Å². The van der Waals surface area contributed by atoms with Crippen LogP contribution in [0.1, 0.15) is 44.5 Å². The Morgan fingerprint density at radius 2 is 0.545 bits per heavy atom. The molecule has 12 heteroatoms.